The first-order valence-electron chi connectivity index (χ1n) is 5.21. The van der Waals surface area contributed by atoms with Gasteiger partial charge in [0.15, 0.2) is 0 Å². The molecule has 0 bridgehead atoms. The molecule has 1 aromatic heterocycles. The van der Waals surface area contributed by atoms with Crippen molar-refractivity contribution in [1.82, 2.24) is 4.98 Å². The van der Waals surface area contributed by atoms with Gasteiger partial charge in [-0.3, -0.25) is 4.98 Å². The number of aromatic nitrogens is 1. The molecule has 4 nitrogen and oxygen atoms in total. The molecule has 1 aliphatic heterocycles. The van der Waals surface area contributed by atoms with Crippen LogP contribution in [0.15, 0.2) is 18.5 Å². The molecular formula is C11H16N2O2. The molecular weight excluding hydrogens is 192 g/mol. The Bertz CT molecular complexity index is 330. The molecule has 1 aromatic rings. The van der Waals surface area contributed by atoms with E-state index in [0.717, 1.165) is 31.0 Å². The predicted octanol–water partition coefficient (Wildman–Crippen LogP) is 0.799. The van der Waals surface area contributed by atoms with Gasteiger partial charge in [-0.2, -0.15) is 0 Å². The van der Waals surface area contributed by atoms with Gasteiger partial charge in [0.2, 0.25) is 0 Å². The topological polar surface area (TPSA) is 45.6 Å². The molecule has 1 atom stereocenters. The van der Waals surface area contributed by atoms with Gasteiger partial charge in [-0.1, -0.05) is 0 Å². The highest BCUT2D eigenvalue weighted by molar-refractivity contribution is 5.52. The first kappa shape index (κ1) is 10.4. The Morgan fingerprint density at radius 3 is 3.27 bits per heavy atom. The van der Waals surface area contributed by atoms with Crippen molar-refractivity contribution in [3.05, 3.63) is 24.0 Å². The van der Waals surface area contributed by atoms with Crippen LogP contribution < -0.4 is 4.90 Å². The average Bonchev–Trinajstić information content (AvgIpc) is 2.30. The lowest BCUT2D eigenvalue weighted by atomic mass is 10.1. The van der Waals surface area contributed by atoms with Crippen LogP contribution in [-0.2, 0) is 11.3 Å². The summed E-state index contributed by atoms with van der Waals surface area (Å²) < 4.78 is 5.38. The lowest BCUT2D eigenvalue weighted by molar-refractivity contribution is 0.0986. The molecule has 82 valence electrons. The van der Waals surface area contributed by atoms with Crippen LogP contribution in [-0.4, -0.2) is 35.9 Å². The van der Waals surface area contributed by atoms with Gasteiger partial charge in [0, 0.05) is 24.3 Å². The van der Waals surface area contributed by atoms with Crippen LogP contribution in [0.3, 0.4) is 0 Å². The number of pyridine rings is 1. The standard InChI is InChI=1S/C11H16N2O2/c1-9-8-15-5-4-13(9)11-6-12-3-2-10(11)7-14/h2-3,6,9,14H,4-5,7-8H2,1H3. The third kappa shape index (κ3) is 2.11. The summed E-state index contributed by atoms with van der Waals surface area (Å²) in [6.07, 6.45) is 3.52. The highest BCUT2D eigenvalue weighted by atomic mass is 16.5. The third-order valence-electron chi connectivity index (χ3n) is 2.74. The van der Waals surface area contributed by atoms with E-state index in [1.807, 2.05) is 12.3 Å². The maximum Gasteiger partial charge on any atom is 0.0703 e. The normalized spacial score (nSPS) is 21.7. The number of ether oxygens (including phenoxy) is 1. The Balaban J connectivity index is 2.26. The molecule has 1 aliphatic rings. The number of nitrogens with zero attached hydrogens (tertiary/aromatic N) is 2. The number of anilines is 1. The fourth-order valence-corrected chi connectivity index (χ4v) is 1.89. The second-order valence-corrected chi connectivity index (χ2v) is 3.78. The SMILES string of the molecule is CC1COCCN1c1cnccc1CO. The monoisotopic (exact) mass is 208 g/mol. The van der Waals surface area contributed by atoms with E-state index >= 15 is 0 Å². The summed E-state index contributed by atoms with van der Waals surface area (Å²) in [6.45, 7) is 4.51. The quantitative estimate of drug-likeness (QED) is 0.781. The molecule has 0 aliphatic carbocycles. The first-order valence-corrected chi connectivity index (χ1v) is 5.21. The van der Waals surface area contributed by atoms with Crippen molar-refractivity contribution in [2.75, 3.05) is 24.7 Å². The van der Waals surface area contributed by atoms with Crippen molar-refractivity contribution in [2.24, 2.45) is 0 Å². The number of rotatable bonds is 2. The zero-order chi connectivity index (χ0) is 10.7. The second-order valence-electron chi connectivity index (χ2n) is 3.78. The molecule has 1 fully saturated rings. The molecule has 15 heavy (non-hydrogen) atoms. The minimum absolute atomic E-state index is 0.0575. The molecule has 0 aromatic carbocycles. The van der Waals surface area contributed by atoms with Gasteiger partial charge >= 0.3 is 0 Å². The molecule has 2 heterocycles. The highest BCUT2D eigenvalue weighted by Crippen LogP contribution is 2.22. The number of hydrogen-bond acceptors (Lipinski definition) is 4. The van der Waals surface area contributed by atoms with Crippen LogP contribution in [0, 0.1) is 0 Å². The number of morpholine rings is 1. The highest BCUT2D eigenvalue weighted by Gasteiger charge is 2.20. The van der Waals surface area contributed by atoms with Gasteiger partial charge in [-0.15, -0.1) is 0 Å². The van der Waals surface area contributed by atoms with Gasteiger partial charge in [-0.05, 0) is 13.0 Å². The lowest BCUT2D eigenvalue weighted by Crippen LogP contribution is -2.44. The fraction of sp³-hybridized carbons (Fsp3) is 0.545. The van der Waals surface area contributed by atoms with Crippen LogP contribution in [0.4, 0.5) is 5.69 Å². The Labute approximate surface area is 89.5 Å². The van der Waals surface area contributed by atoms with E-state index in [-0.39, 0.29) is 6.61 Å². The van der Waals surface area contributed by atoms with E-state index < -0.39 is 0 Å². The number of aliphatic hydroxyl groups excluding tert-OH is 1. The zero-order valence-electron chi connectivity index (χ0n) is 8.89. The van der Waals surface area contributed by atoms with E-state index in [2.05, 4.69) is 16.8 Å². The molecule has 0 radical (unpaired) electrons. The zero-order valence-corrected chi connectivity index (χ0v) is 8.89. The first-order chi connectivity index (χ1) is 7.33. The van der Waals surface area contributed by atoms with Crippen LogP contribution in [0.2, 0.25) is 0 Å². The molecule has 0 amide bonds. The van der Waals surface area contributed by atoms with Crippen LogP contribution in [0.25, 0.3) is 0 Å². The van der Waals surface area contributed by atoms with Gasteiger partial charge in [0.25, 0.3) is 0 Å². The van der Waals surface area contributed by atoms with Crippen molar-refractivity contribution < 1.29 is 9.84 Å². The number of hydrogen-bond donors (Lipinski definition) is 1. The number of aliphatic hydroxyl groups is 1. The molecule has 1 saturated heterocycles. The van der Waals surface area contributed by atoms with E-state index in [0.29, 0.717) is 6.04 Å². The lowest BCUT2D eigenvalue weighted by Gasteiger charge is -2.35. The van der Waals surface area contributed by atoms with Crippen molar-refractivity contribution in [1.29, 1.82) is 0 Å². The summed E-state index contributed by atoms with van der Waals surface area (Å²) in [7, 11) is 0. The van der Waals surface area contributed by atoms with Crippen molar-refractivity contribution in [2.45, 2.75) is 19.6 Å². The smallest absolute Gasteiger partial charge is 0.0703 e. The van der Waals surface area contributed by atoms with Crippen molar-refractivity contribution >= 4 is 5.69 Å². The fourth-order valence-electron chi connectivity index (χ4n) is 1.89. The molecule has 1 N–H and O–H groups in total. The summed E-state index contributed by atoms with van der Waals surface area (Å²) in [5, 5.41) is 9.25. The molecule has 2 rings (SSSR count). The Hall–Kier alpha value is -1.13. The summed E-state index contributed by atoms with van der Waals surface area (Å²) in [5.41, 5.74) is 1.95. The molecule has 0 spiro atoms. The summed E-state index contributed by atoms with van der Waals surface area (Å²) in [5.74, 6) is 0. The Morgan fingerprint density at radius 1 is 1.67 bits per heavy atom. The third-order valence-corrected chi connectivity index (χ3v) is 2.74. The van der Waals surface area contributed by atoms with E-state index in [1.165, 1.54) is 0 Å². The van der Waals surface area contributed by atoms with Crippen molar-refractivity contribution in [3.8, 4) is 0 Å². The molecule has 0 saturated carbocycles. The van der Waals surface area contributed by atoms with E-state index in [4.69, 9.17) is 4.74 Å². The van der Waals surface area contributed by atoms with Crippen LogP contribution in [0.5, 0.6) is 0 Å². The van der Waals surface area contributed by atoms with E-state index in [1.54, 1.807) is 6.20 Å². The Morgan fingerprint density at radius 2 is 2.53 bits per heavy atom. The summed E-state index contributed by atoms with van der Waals surface area (Å²) in [4.78, 5) is 6.35. The molecule has 1 unspecified atom stereocenters. The van der Waals surface area contributed by atoms with E-state index in [9.17, 15) is 5.11 Å². The largest absolute Gasteiger partial charge is 0.392 e. The molecule has 4 heteroatoms. The summed E-state index contributed by atoms with van der Waals surface area (Å²) >= 11 is 0. The van der Waals surface area contributed by atoms with Crippen LogP contribution >= 0.6 is 0 Å². The van der Waals surface area contributed by atoms with Gasteiger partial charge in [0.1, 0.15) is 0 Å². The maximum atomic E-state index is 9.25. The van der Waals surface area contributed by atoms with Crippen LogP contribution in [0.1, 0.15) is 12.5 Å². The maximum absolute atomic E-state index is 9.25. The predicted molar refractivity (Wildman–Crippen MR) is 57.8 cm³/mol. The average molecular weight is 208 g/mol. The Kier molecular flexibility index (Phi) is 3.18. The summed E-state index contributed by atoms with van der Waals surface area (Å²) in [6, 6.07) is 2.20. The minimum Gasteiger partial charge on any atom is -0.392 e. The van der Waals surface area contributed by atoms with Crippen molar-refractivity contribution in [3.63, 3.8) is 0 Å². The van der Waals surface area contributed by atoms with Gasteiger partial charge < -0.3 is 14.7 Å². The minimum atomic E-state index is 0.0575. The van der Waals surface area contributed by atoms with Gasteiger partial charge in [0.05, 0.1) is 31.7 Å². The van der Waals surface area contributed by atoms with Gasteiger partial charge in [-0.25, -0.2) is 0 Å². The second kappa shape index (κ2) is 4.59.